The quantitative estimate of drug-likeness (QED) is 0.684. The van der Waals surface area contributed by atoms with Crippen LogP contribution in [0.2, 0.25) is 0 Å². The molecule has 2 aliphatic rings. The van der Waals surface area contributed by atoms with E-state index in [0.29, 0.717) is 0 Å². The lowest BCUT2D eigenvalue weighted by molar-refractivity contribution is 0.345. The average molecular weight is 170 g/mol. The predicted molar refractivity (Wildman–Crippen MR) is 53.4 cm³/mol. The fraction of sp³-hybridized carbons (Fsp3) is 1.00. The molecular formula is C10H22N2. The summed E-state index contributed by atoms with van der Waals surface area (Å²) in [6.45, 7) is 7.34. The SMILES string of the molecule is CCN1CCC(NCC2CC2)C1.[HH]. The van der Waals surface area contributed by atoms with Crippen molar-refractivity contribution in [3.8, 4) is 0 Å². The smallest absolute Gasteiger partial charge is 0.0207 e. The summed E-state index contributed by atoms with van der Waals surface area (Å²) in [5.41, 5.74) is 0. The lowest BCUT2D eigenvalue weighted by Gasteiger charge is -2.14. The Morgan fingerprint density at radius 2 is 2.25 bits per heavy atom. The summed E-state index contributed by atoms with van der Waals surface area (Å²) < 4.78 is 0. The molecule has 1 saturated carbocycles. The van der Waals surface area contributed by atoms with Crippen LogP contribution in [0, 0.1) is 5.92 Å². The zero-order chi connectivity index (χ0) is 8.39. The second-order valence-corrected chi connectivity index (χ2v) is 4.23. The lowest BCUT2D eigenvalue weighted by Crippen LogP contribution is -2.33. The summed E-state index contributed by atoms with van der Waals surface area (Å²) in [6, 6.07) is 0.797. The normalized spacial score (nSPS) is 31.2. The first-order chi connectivity index (χ1) is 5.88. The van der Waals surface area contributed by atoms with E-state index in [1.165, 1.54) is 45.4 Å². The summed E-state index contributed by atoms with van der Waals surface area (Å²) in [7, 11) is 0. The Balaban J connectivity index is 0.000000845. The van der Waals surface area contributed by atoms with Crippen LogP contribution >= 0.6 is 0 Å². The molecule has 1 N–H and O–H groups in total. The molecule has 0 bridgehead atoms. The molecule has 0 radical (unpaired) electrons. The topological polar surface area (TPSA) is 15.3 Å². The monoisotopic (exact) mass is 170 g/mol. The van der Waals surface area contributed by atoms with Gasteiger partial charge in [-0.15, -0.1) is 0 Å². The number of likely N-dealkylation sites (N-methyl/N-ethyl adjacent to an activating group) is 1. The van der Waals surface area contributed by atoms with E-state index in [0.717, 1.165) is 12.0 Å². The first-order valence-electron chi connectivity index (χ1n) is 5.34. The molecule has 1 saturated heterocycles. The van der Waals surface area contributed by atoms with Crippen molar-refractivity contribution in [1.82, 2.24) is 10.2 Å². The maximum absolute atomic E-state index is 3.67. The van der Waals surface area contributed by atoms with Crippen LogP contribution < -0.4 is 5.32 Å². The molecule has 2 nitrogen and oxygen atoms in total. The number of hydrogen-bond donors (Lipinski definition) is 1. The van der Waals surface area contributed by atoms with E-state index < -0.39 is 0 Å². The second kappa shape index (κ2) is 3.75. The molecule has 2 fully saturated rings. The van der Waals surface area contributed by atoms with Gasteiger partial charge >= 0.3 is 0 Å². The minimum atomic E-state index is 0. The number of rotatable bonds is 4. The van der Waals surface area contributed by atoms with Gasteiger partial charge in [-0.25, -0.2) is 0 Å². The first-order valence-corrected chi connectivity index (χ1v) is 5.34. The van der Waals surface area contributed by atoms with Crippen LogP contribution in [-0.4, -0.2) is 37.1 Å². The van der Waals surface area contributed by atoms with Crippen molar-refractivity contribution in [1.29, 1.82) is 0 Å². The van der Waals surface area contributed by atoms with E-state index in [4.69, 9.17) is 0 Å². The third-order valence-electron chi connectivity index (χ3n) is 3.11. The van der Waals surface area contributed by atoms with Gasteiger partial charge in [-0.3, -0.25) is 0 Å². The molecule has 12 heavy (non-hydrogen) atoms. The Morgan fingerprint density at radius 1 is 1.42 bits per heavy atom. The summed E-state index contributed by atoms with van der Waals surface area (Å²) in [5.74, 6) is 1.03. The maximum atomic E-state index is 3.67. The van der Waals surface area contributed by atoms with Gasteiger partial charge in [0, 0.05) is 14.0 Å². The Hall–Kier alpha value is -0.0800. The van der Waals surface area contributed by atoms with Crippen LogP contribution in [-0.2, 0) is 0 Å². The minimum absolute atomic E-state index is 0. The van der Waals surface area contributed by atoms with Gasteiger partial charge in [-0.05, 0) is 44.8 Å². The van der Waals surface area contributed by atoms with Gasteiger partial charge in [0.25, 0.3) is 0 Å². The number of nitrogens with one attached hydrogen (secondary N) is 1. The molecule has 2 rings (SSSR count). The van der Waals surface area contributed by atoms with Crippen molar-refractivity contribution in [2.75, 3.05) is 26.2 Å². The van der Waals surface area contributed by atoms with Crippen molar-refractivity contribution in [3.63, 3.8) is 0 Å². The Morgan fingerprint density at radius 3 is 2.83 bits per heavy atom. The summed E-state index contributed by atoms with van der Waals surface area (Å²) in [6.07, 6.45) is 4.30. The van der Waals surface area contributed by atoms with Gasteiger partial charge < -0.3 is 10.2 Å². The molecule has 1 atom stereocenters. The molecule has 1 aliphatic heterocycles. The predicted octanol–water partition coefficient (Wildman–Crippen LogP) is 1.33. The fourth-order valence-corrected chi connectivity index (χ4v) is 1.94. The highest BCUT2D eigenvalue weighted by molar-refractivity contribution is 4.83. The van der Waals surface area contributed by atoms with Crippen molar-refractivity contribution >= 4 is 0 Å². The molecule has 1 heterocycles. The summed E-state index contributed by atoms with van der Waals surface area (Å²) >= 11 is 0. The molecule has 1 aliphatic carbocycles. The highest BCUT2D eigenvalue weighted by Crippen LogP contribution is 2.28. The van der Waals surface area contributed by atoms with E-state index in [2.05, 4.69) is 17.1 Å². The van der Waals surface area contributed by atoms with Crippen LogP contribution in [0.4, 0.5) is 0 Å². The maximum Gasteiger partial charge on any atom is 0.0207 e. The van der Waals surface area contributed by atoms with E-state index in [9.17, 15) is 0 Å². The van der Waals surface area contributed by atoms with E-state index in [1.54, 1.807) is 0 Å². The zero-order valence-electron chi connectivity index (χ0n) is 8.05. The van der Waals surface area contributed by atoms with Gasteiger partial charge in [-0.1, -0.05) is 6.92 Å². The molecular weight excluding hydrogens is 148 g/mol. The van der Waals surface area contributed by atoms with E-state index >= 15 is 0 Å². The van der Waals surface area contributed by atoms with Gasteiger partial charge in [0.15, 0.2) is 0 Å². The van der Waals surface area contributed by atoms with Gasteiger partial charge in [-0.2, -0.15) is 0 Å². The third-order valence-corrected chi connectivity index (χ3v) is 3.11. The number of nitrogens with zero attached hydrogens (tertiary/aromatic N) is 1. The van der Waals surface area contributed by atoms with Crippen molar-refractivity contribution in [2.45, 2.75) is 32.2 Å². The van der Waals surface area contributed by atoms with Gasteiger partial charge in [0.2, 0.25) is 0 Å². The fourth-order valence-electron chi connectivity index (χ4n) is 1.94. The van der Waals surface area contributed by atoms with Crippen molar-refractivity contribution in [3.05, 3.63) is 0 Å². The molecule has 0 aromatic heterocycles. The molecule has 0 aromatic carbocycles. The van der Waals surface area contributed by atoms with Crippen LogP contribution in [0.3, 0.4) is 0 Å². The van der Waals surface area contributed by atoms with Crippen LogP contribution in [0.25, 0.3) is 0 Å². The molecule has 0 aromatic rings. The summed E-state index contributed by atoms with van der Waals surface area (Å²) in [5, 5.41) is 3.67. The highest BCUT2D eigenvalue weighted by atomic mass is 15.2. The standard InChI is InChI=1S/C10H20N2.H2/c1-2-12-6-5-10(8-12)11-7-9-3-4-9;/h9-11H,2-8H2,1H3;1H. The Bertz CT molecular complexity index is 148. The van der Waals surface area contributed by atoms with Gasteiger partial charge in [0.05, 0.1) is 0 Å². The largest absolute Gasteiger partial charge is 0.312 e. The molecule has 72 valence electrons. The van der Waals surface area contributed by atoms with Crippen molar-refractivity contribution < 1.29 is 1.43 Å². The second-order valence-electron chi connectivity index (χ2n) is 4.23. The average Bonchev–Trinajstić information content (AvgIpc) is 2.81. The number of likely N-dealkylation sites (tertiary alicyclic amines) is 1. The van der Waals surface area contributed by atoms with E-state index in [1.807, 2.05) is 0 Å². The molecule has 2 heteroatoms. The third kappa shape index (κ3) is 2.20. The molecule has 0 spiro atoms. The number of hydrogen-bond acceptors (Lipinski definition) is 2. The van der Waals surface area contributed by atoms with Crippen LogP contribution in [0.5, 0.6) is 0 Å². The van der Waals surface area contributed by atoms with Crippen LogP contribution in [0.15, 0.2) is 0 Å². The Kier molecular flexibility index (Phi) is 2.66. The zero-order valence-corrected chi connectivity index (χ0v) is 8.05. The Labute approximate surface area is 76.8 Å². The summed E-state index contributed by atoms with van der Waals surface area (Å²) in [4.78, 5) is 2.53. The molecule has 0 amide bonds. The highest BCUT2D eigenvalue weighted by Gasteiger charge is 2.25. The minimum Gasteiger partial charge on any atom is -0.312 e. The van der Waals surface area contributed by atoms with Crippen molar-refractivity contribution in [2.24, 2.45) is 5.92 Å². The van der Waals surface area contributed by atoms with Crippen LogP contribution in [0.1, 0.15) is 27.6 Å². The molecule has 1 unspecified atom stereocenters. The van der Waals surface area contributed by atoms with E-state index in [-0.39, 0.29) is 1.43 Å². The first kappa shape index (κ1) is 8.52. The lowest BCUT2D eigenvalue weighted by atomic mass is 10.2. The van der Waals surface area contributed by atoms with Gasteiger partial charge in [0.1, 0.15) is 0 Å².